The number of carbonyl (C=O) groups excluding carboxylic acids is 1. The molecule has 0 spiro atoms. The fourth-order valence-corrected chi connectivity index (χ4v) is 0.812. The van der Waals surface area contributed by atoms with Crippen molar-refractivity contribution in [3.05, 3.63) is 0 Å². The van der Waals surface area contributed by atoms with Crippen LogP contribution < -0.4 is 0 Å². The molecule has 0 N–H and O–H groups in total. The van der Waals surface area contributed by atoms with E-state index in [1.807, 2.05) is 27.7 Å². The summed E-state index contributed by atoms with van der Waals surface area (Å²) in [6.07, 6.45) is 0.733. The van der Waals surface area contributed by atoms with Gasteiger partial charge >= 0.3 is 6.09 Å². The van der Waals surface area contributed by atoms with E-state index in [4.69, 9.17) is 4.74 Å². The van der Waals surface area contributed by atoms with E-state index in [0.29, 0.717) is 5.92 Å². The molecular weight excluding hydrogens is 166 g/mol. The van der Waals surface area contributed by atoms with Gasteiger partial charge in [0, 0.05) is 13.6 Å². The maximum absolute atomic E-state index is 11.4. The summed E-state index contributed by atoms with van der Waals surface area (Å²) in [7, 11) is 1.76. The molecule has 0 aromatic heterocycles. The van der Waals surface area contributed by atoms with Crippen LogP contribution in [0.4, 0.5) is 4.79 Å². The average Bonchev–Trinajstić information content (AvgIpc) is 2.04. The lowest BCUT2D eigenvalue weighted by atomic mass is 10.1. The Balaban J connectivity index is 3.85. The zero-order valence-corrected chi connectivity index (χ0v) is 9.33. The van der Waals surface area contributed by atoms with Crippen LogP contribution >= 0.6 is 0 Å². The summed E-state index contributed by atoms with van der Waals surface area (Å²) in [5.74, 6) is 0.374. The summed E-state index contributed by atoms with van der Waals surface area (Å²) in [6, 6.07) is 0. The first-order chi connectivity index (χ1) is 5.99. The number of ether oxygens (including phenoxy) is 1. The molecule has 0 aromatic rings. The van der Waals surface area contributed by atoms with Crippen LogP contribution in [0, 0.1) is 5.92 Å². The summed E-state index contributed by atoms with van der Waals surface area (Å²) in [5.41, 5.74) is 0. The molecule has 1 unspecified atom stereocenters. The van der Waals surface area contributed by atoms with Crippen molar-refractivity contribution in [2.45, 2.75) is 40.2 Å². The number of hydrogen-bond donors (Lipinski definition) is 0. The first-order valence-corrected chi connectivity index (χ1v) is 4.90. The molecule has 0 aromatic carbocycles. The van der Waals surface area contributed by atoms with Crippen molar-refractivity contribution in [2.75, 3.05) is 13.6 Å². The van der Waals surface area contributed by atoms with Gasteiger partial charge in [0.25, 0.3) is 0 Å². The molecule has 78 valence electrons. The maximum Gasteiger partial charge on any atom is 0.409 e. The third-order valence-corrected chi connectivity index (χ3v) is 2.10. The first-order valence-electron chi connectivity index (χ1n) is 4.90. The van der Waals surface area contributed by atoms with Gasteiger partial charge in [0.2, 0.25) is 0 Å². The number of nitrogens with zero attached hydrogens (tertiary/aromatic N) is 1. The van der Waals surface area contributed by atoms with Gasteiger partial charge < -0.3 is 9.64 Å². The molecule has 1 atom stereocenters. The van der Waals surface area contributed by atoms with Crippen LogP contribution in [0.3, 0.4) is 0 Å². The molecule has 0 rings (SSSR count). The van der Waals surface area contributed by atoms with Crippen molar-refractivity contribution in [3.63, 3.8) is 0 Å². The third-order valence-electron chi connectivity index (χ3n) is 2.10. The summed E-state index contributed by atoms with van der Waals surface area (Å²) in [5, 5.41) is 0. The lowest BCUT2D eigenvalue weighted by molar-refractivity contribution is 0.0566. The van der Waals surface area contributed by atoms with Crippen molar-refractivity contribution in [2.24, 2.45) is 5.92 Å². The minimum absolute atomic E-state index is 0.00759. The molecular formula is C10H21NO2. The maximum atomic E-state index is 11.4. The zero-order valence-electron chi connectivity index (χ0n) is 9.33. The fourth-order valence-electron chi connectivity index (χ4n) is 0.812. The van der Waals surface area contributed by atoms with Gasteiger partial charge in [-0.2, -0.15) is 0 Å². The van der Waals surface area contributed by atoms with Crippen LogP contribution in [0.1, 0.15) is 34.1 Å². The van der Waals surface area contributed by atoms with E-state index in [1.54, 1.807) is 11.9 Å². The van der Waals surface area contributed by atoms with Crippen LogP contribution in [-0.2, 0) is 4.74 Å². The van der Waals surface area contributed by atoms with Crippen LogP contribution in [0.15, 0.2) is 0 Å². The number of rotatable bonds is 4. The largest absolute Gasteiger partial charge is 0.446 e. The molecule has 0 saturated carbocycles. The smallest absolute Gasteiger partial charge is 0.409 e. The van der Waals surface area contributed by atoms with E-state index in [2.05, 4.69) is 0 Å². The van der Waals surface area contributed by atoms with Gasteiger partial charge in [-0.15, -0.1) is 0 Å². The van der Waals surface area contributed by atoms with Gasteiger partial charge in [-0.1, -0.05) is 20.8 Å². The number of carbonyl (C=O) groups is 1. The number of amides is 1. The Morgan fingerprint density at radius 1 is 1.38 bits per heavy atom. The Bertz CT molecular complexity index is 157. The monoisotopic (exact) mass is 187 g/mol. The fraction of sp³-hybridized carbons (Fsp3) is 0.900. The second-order valence-electron chi connectivity index (χ2n) is 3.75. The molecule has 1 amide bonds. The number of hydrogen-bond acceptors (Lipinski definition) is 2. The first kappa shape index (κ1) is 12.3. The van der Waals surface area contributed by atoms with Crippen LogP contribution in [-0.4, -0.2) is 30.7 Å². The topological polar surface area (TPSA) is 29.5 Å². The lowest BCUT2D eigenvalue weighted by Crippen LogP contribution is -2.32. The molecule has 0 heterocycles. The Labute approximate surface area is 81.1 Å². The Morgan fingerprint density at radius 2 is 1.92 bits per heavy atom. The minimum Gasteiger partial charge on any atom is -0.446 e. The van der Waals surface area contributed by atoms with E-state index < -0.39 is 0 Å². The van der Waals surface area contributed by atoms with Gasteiger partial charge in [0.15, 0.2) is 0 Å². The predicted molar refractivity (Wildman–Crippen MR) is 53.7 cm³/mol. The highest BCUT2D eigenvalue weighted by Crippen LogP contribution is 2.07. The zero-order chi connectivity index (χ0) is 10.4. The molecule has 0 aliphatic rings. The van der Waals surface area contributed by atoms with Crippen LogP contribution in [0.5, 0.6) is 0 Å². The Kier molecular flexibility index (Phi) is 5.51. The van der Waals surface area contributed by atoms with E-state index in [9.17, 15) is 4.79 Å². The van der Waals surface area contributed by atoms with Crippen molar-refractivity contribution in [1.82, 2.24) is 4.90 Å². The Hall–Kier alpha value is -0.730. The van der Waals surface area contributed by atoms with Gasteiger partial charge in [-0.25, -0.2) is 4.79 Å². The molecule has 0 saturated heterocycles. The molecule has 3 heteroatoms. The highest BCUT2D eigenvalue weighted by Gasteiger charge is 2.15. The Morgan fingerprint density at radius 3 is 2.31 bits per heavy atom. The SMILES string of the molecule is CCCN(C)C(=O)OC(C)C(C)C. The molecule has 0 aliphatic carbocycles. The van der Waals surface area contributed by atoms with Gasteiger partial charge in [0.05, 0.1) is 0 Å². The van der Waals surface area contributed by atoms with E-state index >= 15 is 0 Å². The summed E-state index contributed by atoms with van der Waals surface area (Å²) >= 11 is 0. The van der Waals surface area contributed by atoms with Gasteiger partial charge in [-0.3, -0.25) is 0 Å². The van der Waals surface area contributed by atoms with Crippen LogP contribution in [0.2, 0.25) is 0 Å². The average molecular weight is 187 g/mol. The molecule has 3 nitrogen and oxygen atoms in total. The van der Waals surface area contributed by atoms with Crippen molar-refractivity contribution >= 4 is 6.09 Å². The normalized spacial score (nSPS) is 12.8. The van der Waals surface area contributed by atoms with E-state index in [1.165, 1.54) is 0 Å². The van der Waals surface area contributed by atoms with Gasteiger partial charge in [0.1, 0.15) is 6.10 Å². The molecule has 13 heavy (non-hydrogen) atoms. The highest BCUT2D eigenvalue weighted by atomic mass is 16.6. The van der Waals surface area contributed by atoms with E-state index in [-0.39, 0.29) is 12.2 Å². The standard InChI is InChI=1S/C10H21NO2/c1-6-7-11(5)10(12)13-9(4)8(2)3/h8-9H,6-7H2,1-5H3. The lowest BCUT2D eigenvalue weighted by Gasteiger charge is -2.21. The van der Waals surface area contributed by atoms with Gasteiger partial charge in [-0.05, 0) is 19.3 Å². The molecule has 0 radical (unpaired) electrons. The summed E-state index contributed by atoms with van der Waals surface area (Å²) in [4.78, 5) is 13.0. The molecule has 0 fully saturated rings. The summed E-state index contributed by atoms with van der Waals surface area (Å²) < 4.78 is 5.21. The third kappa shape index (κ3) is 4.76. The van der Waals surface area contributed by atoms with E-state index in [0.717, 1.165) is 13.0 Å². The predicted octanol–water partition coefficient (Wildman–Crippen LogP) is 2.51. The second-order valence-corrected chi connectivity index (χ2v) is 3.75. The van der Waals surface area contributed by atoms with Crippen molar-refractivity contribution in [1.29, 1.82) is 0 Å². The van der Waals surface area contributed by atoms with Crippen LogP contribution in [0.25, 0.3) is 0 Å². The highest BCUT2D eigenvalue weighted by molar-refractivity contribution is 5.67. The molecule has 0 bridgehead atoms. The van der Waals surface area contributed by atoms with Crippen molar-refractivity contribution in [3.8, 4) is 0 Å². The minimum atomic E-state index is -0.219. The quantitative estimate of drug-likeness (QED) is 0.676. The second kappa shape index (κ2) is 5.84. The summed E-state index contributed by atoms with van der Waals surface area (Å²) in [6.45, 7) is 8.79. The van der Waals surface area contributed by atoms with Crippen molar-refractivity contribution < 1.29 is 9.53 Å². The molecule has 0 aliphatic heterocycles.